The summed E-state index contributed by atoms with van der Waals surface area (Å²) in [6.45, 7) is 1.71. The van der Waals surface area contributed by atoms with Gasteiger partial charge in [-0.25, -0.2) is 9.78 Å². The first kappa shape index (κ1) is 12.0. The molecule has 0 amide bonds. The lowest BCUT2D eigenvalue weighted by Gasteiger charge is -2.14. The number of hydrogen-bond acceptors (Lipinski definition) is 5. The first-order chi connectivity index (χ1) is 7.60. The zero-order valence-corrected chi connectivity index (χ0v) is 8.98. The van der Waals surface area contributed by atoms with Crippen molar-refractivity contribution in [3.05, 3.63) is 16.7 Å². The van der Waals surface area contributed by atoms with Crippen molar-refractivity contribution in [2.24, 2.45) is 0 Å². The Morgan fingerprint density at radius 3 is 2.94 bits per heavy atom. The predicted molar refractivity (Wildman–Crippen MR) is 56.7 cm³/mol. The lowest BCUT2D eigenvalue weighted by Crippen LogP contribution is -2.30. The predicted octanol–water partition coefficient (Wildman–Crippen LogP) is 0.0536. The second-order valence-electron chi connectivity index (χ2n) is 3.06. The Hall–Kier alpha value is -2.05. The van der Waals surface area contributed by atoms with Crippen LogP contribution in [-0.4, -0.2) is 34.2 Å². The molecule has 0 aromatic carbocycles. The van der Waals surface area contributed by atoms with Crippen molar-refractivity contribution in [1.82, 2.24) is 9.97 Å². The molecular formula is C9H13N3O4. The zero-order valence-electron chi connectivity index (χ0n) is 8.98. The molecule has 0 aliphatic carbocycles. The van der Waals surface area contributed by atoms with E-state index in [0.29, 0.717) is 6.42 Å². The number of ether oxygens (including phenoxy) is 1. The van der Waals surface area contributed by atoms with E-state index in [1.165, 1.54) is 13.4 Å². The standard InChI is InChI=1S/C9H13N3O4/c1-3-5(9(14)15)12-7-6(16-2)8(13)11-4-10-7/h4-5H,3H2,1-2H3,(H,14,15)(H2,10,11,12,13). The van der Waals surface area contributed by atoms with Crippen LogP contribution in [0.25, 0.3) is 0 Å². The third-order valence-corrected chi connectivity index (χ3v) is 2.03. The van der Waals surface area contributed by atoms with Gasteiger partial charge in [0.05, 0.1) is 13.4 Å². The number of nitrogens with zero attached hydrogens (tertiary/aromatic N) is 1. The molecule has 0 saturated heterocycles. The number of aromatic nitrogens is 2. The van der Waals surface area contributed by atoms with Crippen molar-refractivity contribution in [3.63, 3.8) is 0 Å². The highest BCUT2D eigenvalue weighted by atomic mass is 16.5. The normalized spacial score (nSPS) is 11.9. The average Bonchev–Trinajstić information content (AvgIpc) is 2.25. The summed E-state index contributed by atoms with van der Waals surface area (Å²) in [7, 11) is 1.32. The van der Waals surface area contributed by atoms with Crippen molar-refractivity contribution in [3.8, 4) is 5.75 Å². The fourth-order valence-electron chi connectivity index (χ4n) is 1.18. The van der Waals surface area contributed by atoms with Gasteiger partial charge in [-0.2, -0.15) is 0 Å². The number of carboxylic acids is 1. The Labute approximate surface area is 91.5 Å². The quantitative estimate of drug-likeness (QED) is 0.656. The number of carbonyl (C=O) groups is 1. The number of aromatic amines is 1. The Morgan fingerprint density at radius 1 is 1.75 bits per heavy atom. The van der Waals surface area contributed by atoms with Gasteiger partial charge in [0.2, 0.25) is 5.75 Å². The van der Waals surface area contributed by atoms with Crippen LogP contribution < -0.4 is 15.6 Å². The summed E-state index contributed by atoms with van der Waals surface area (Å²) >= 11 is 0. The van der Waals surface area contributed by atoms with Crippen LogP contribution in [0.4, 0.5) is 5.82 Å². The molecule has 16 heavy (non-hydrogen) atoms. The lowest BCUT2D eigenvalue weighted by molar-refractivity contribution is -0.137. The average molecular weight is 227 g/mol. The topological polar surface area (TPSA) is 104 Å². The molecule has 1 rings (SSSR count). The summed E-state index contributed by atoms with van der Waals surface area (Å²) in [5.74, 6) is -0.908. The van der Waals surface area contributed by atoms with Crippen LogP contribution in [-0.2, 0) is 4.79 Å². The minimum atomic E-state index is -1.01. The van der Waals surface area contributed by atoms with E-state index in [4.69, 9.17) is 9.84 Å². The summed E-state index contributed by atoms with van der Waals surface area (Å²) < 4.78 is 4.84. The van der Waals surface area contributed by atoms with E-state index in [-0.39, 0.29) is 11.6 Å². The van der Waals surface area contributed by atoms with Crippen LogP contribution in [0.15, 0.2) is 11.1 Å². The molecule has 1 heterocycles. The third-order valence-electron chi connectivity index (χ3n) is 2.03. The molecule has 0 aliphatic rings. The van der Waals surface area contributed by atoms with Gasteiger partial charge < -0.3 is 20.1 Å². The molecule has 88 valence electrons. The van der Waals surface area contributed by atoms with Crippen molar-refractivity contribution in [2.75, 3.05) is 12.4 Å². The summed E-state index contributed by atoms with van der Waals surface area (Å²) in [6.07, 6.45) is 1.55. The Kier molecular flexibility index (Phi) is 3.87. The Bertz CT molecular complexity index is 429. The maximum atomic E-state index is 11.3. The molecule has 0 saturated carbocycles. The largest absolute Gasteiger partial charge is 0.489 e. The molecular weight excluding hydrogens is 214 g/mol. The molecule has 0 radical (unpaired) electrons. The van der Waals surface area contributed by atoms with Gasteiger partial charge in [-0.15, -0.1) is 0 Å². The van der Waals surface area contributed by atoms with Crippen LogP contribution in [0, 0.1) is 0 Å². The molecule has 3 N–H and O–H groups in total. The van der Waals surface area contributed by atoms with Gasteiger partial charge in [0.25, 0.3) is 5.56 Å². The SMILES string of the molecule is CCC(Nc1nc[nH]c(=O)c1OC)C(=O)O. The molecule has 1 aromatic heterocycles. The van der Waals surface area contributed by atoms with Gasteiger partial charge in [0.1, 0.15) is 6.04 Å². The fraction of sp³-hybridized carbons (Fsp3) is 0.444. The Morgan fingerprint density at radius 2 is 2.44 bits per heavy atom. The maximum Gasteiger partial charge on any atom is 0.326 e. The molecule has 1 aromatic rings. The van der Waals surface area contributed by atoms with Gasteiger partial charge in [0.15, 0.2) is 5.82 Å². The van der Waals surface area contributed by atoms with Gasteiger partial charge >= 0.3 is 5.97 Å². The molecule has 7 heteroatoms. The van der Waals surface area contributed by atoms with Crippen LogP contribution in [0.5, 0.6) is 5.75 Å². The summed E-state index contributed by atoms with van der Waals surface area (Å²) in [4.78, 5) is 28.3. The van der Waals surface area contributed by atoms with Gasteiger partial charge in [-0.3, -0.25) is 4.79 Å². The second-order valence-corrected chi connectivity index (χ2v) is 3.06. The number of anilines is 1. The minimum Gasteiger partial charge on any atom is -0.489 e. The monoisotopic (exact) mass is 227 g/mol. The summed E-state index contributed by atoms with van der Waals surface area (Å²) in [6, 6.07) is -0.803. The number of rotatable bonds is 5. The van der Waals surface area contributed by atoms with E-state index in [9.17, 15) is 9.59 Å². The zero-order chi connectivity index (χ0) is 12.1. The number of H-pyrrole nitrogens is 1. The number of methoxy groups -OCH3 is 1. The van der Waals surface area contributed by atoms with Crippen LogP contribution in [0.3, 0.4) is 0 Å². The second kappa shape index (κ2) is 5.15. The maximum absolute atomic E-state index is 11.3. The van der Waals surface area contributed by atoms with Crippen LogP contribution in [0.2, 0.25) is 0 Å². The van der Waals surface area contributed by atoms with E-state index in [0.717, 1.165) is 0 Å². The highest BCUT2D eigenvalue weighted by molar-refractivity contribution is 5.77. The number of carboxylic acid groups (broad SMARTS) is 1. The van der Waals surface area contributed by atoms with Crippen LogP contribution >= 0.6 is 0 Å². The summed E-state index contributed by atoms with van der Waals surface area (Å²) in [5, 5.41) is 11.5. The lowest BCUT2D eigenvalue weighted by atomic mass is 10.2. The van der Waals surface area contributed by atoms with E-state index >= 15 is 0 Å². The van der Waals surface area contributed by atoms with Gasteiger partial charge in [-0.05, 0) is 6.42 Å². The number of hydrogen-bond donors (Lipinski definition) is 3. The molecule has 0 bridgehead atoms. The van der Waals surface area contributed by atoms with Crippen molar-refractivity contribution in [2.45, 2.75) is 19.4 Å². The van der Waals surface area contributed by atoms with Crippen LogP contribution in [0.1, 0.15) is 13.3 Å². The minimum absolute atomic E-state index is 0.0257. The molecule has 0 fully saturated rings. The highest BCUT2D eigenvalue weighted by Gasteiger charge is 2.18. The molecule has 7 nitrogen and oxygen atoms in total. The van der Waals surface area contributed by atoms with E-state index < -0.39 is 17.6 Å². The number of aliphatic carboxylic acids is 1. The van der Waals surface area contributed by atoms with Gasteiger partial charge in [-0.1, -0.05) is 6.92 Å². The first-order valence-electron chi connectivity index (χ1n) is 4.71. The molecule has 1 atom stereocenters. The smallest absolute Gasteiger partial charge is 0.326 e. The van der Waals surface area contributed by atoms with Gasteiger partial charge in [0, 0.05) is 0 Å². The summed E-state index contributed by atoms with van der Waals surface area (Å²) in [5.41, 5.74) is -0.458. The van der Waals surface area contributed by atoms with E-state index in [2.05, 4.69) is 15.3 Å². The van der Waals surface area contributed by atoms with E-state index in [1.54, 1.807) is 6.92 Å². The molecule has 1 unspecified atom stereocenters. The fourth-order valence-corrected chi connectivity index (χ4v) is 1.18. The van der Waals surface area contributed by atoms with Crippen molar-refractivity contribution < 1.29 is 14.6 Å². The molecule has 0 spiro atoms. The Balaban J connectivity index is 3.00. The van der Waals surface area contributed by atoms with E-state index in [1.807, 2.05) is 0 Å². The van der Waals surface area contributed by atoms with Crippen molar-refractivity contribution >= 4 is 11.8 Å². The number of nitrogens with one attached hydrogen (secondary N) is 2. The van der Waals surface area contributed by atoms with Crippen molar-refractivity contribution in [1.29, 1.82) is 0 Å². The first-order valence-corrected chi connectivity index (χ1v) is 4.71. The third kappa shape index (κ3) is 2.50. The highest BCUT2D eigenvalue weighted by Crippen LogP contribution is 2.16. The molecule has 0 aliphatic heterocycles.